The molecule has 0 amide bonds. The third kappa shape index (κ3) is 2.20. The van der Waals surface area contributed by atoms with Gasteiger partial charge in [-0.25, -0.2) is 0 Å². The van der Waals surface area contributed by atoms with Crippen LogP contribution >= 0.6 is 0 Å². The third-order valence-corrected chi connectivity index (χ3v) is 8.40. The molecule has 2 aliphatic carbocycles. The minimum Gasteiger partial charge on any atom is -0.365 e. The number of aromatic nitrogens is 2. The highest BCUT2D eigenvalue weighted by atomic mass is 19.4. The van der Waals surface area contributed by atoms with E-state index in [4.69, 9.17) is 0 Å². The van der Waals surface area contributed by atoms with Crippen molar-refractivity contribution in [1.29, 1.82) is 0 Å². The van der Waals surface area contributed by atoms with Crippen molar-refractivity contribution in [3.63, 3.8) is 0 Å². The lowest BCUT2D eigenvalue weighted by Gasteiger charge is -2.55. The fourth-order valence-electron chi connectivity index (χ4n) is 7.04. The monoisotopic (exact) mass is 411 g/mol. The Morgan fingerprint density at radius 1 is 1.07 bits per heavy atom. The predicted molar refractivity (Wildman–Crippen MR) is 110 cm³/mol. The lowest BCUT2D eigenvalue weighted by molar-refractivity contribution is -0.137. The predicted octanol–water partition coefficient (Wildman–Crippen LogP) is 6.08. The summed E-state index contributed by atoms with van der Waals surface area (Å²) in [4.78, 5) is 2.32. The Bertz CT molecular complexity index is 1130. The van der Waals surface area contributed by atoms with Crippen molar-refractivity contribution in [2.24, 2.45) is 17.8 Å². The van der Waals surface area contributed by atoms with Crippen LogP contribution in [0, 0.1) is 17.8 Å². The fourth-order valence-corrected chi connectivity index (χ4v) is 7.04. The largest absolute Gasteiger partial charge is 0.416 e. The van der Waals surface area contributed by atoms with Gasteiger partial charge in [-0.15, -0.1) is 0 Å². The van der Waals surface area contributed by atoms with Crippen LogP contribution < -0.4 is 4.90 Å². The van der Waals surface area contributed by atoms with Crippen molar-refractivity contribution in [2.75, 3.05) is 11.9 Å². The SMILES string of the molecule is CN1c2ccc3[nH]ncc3c2[C@H]2C3CCC(C3)[C@H]2[C@]1(C)c1ccc(C(F)(F)F)cc1. The van der Waals surface area contributed by atoms with E-state index in [2.05, 4.69) is 41.2 Å². The first-order valence-electron chi connectivity index (χ1n) is 10.7. The van der Waals surface area contributed by atoms with E-state index in [0.717, 1.165) is 11.1 Å². The summed E-state index contributed by atoms with van der Waals surface area (Å²) in [5.41, 5.74) is 3.66. The van der Waals surface area contributed by atoms with E-state index in [1.165, 1.54) is 48.0 Å². The summed E-state index contributed by atoms with van der Waals surface area (Å²) in [6.07, 6.45) is 1.30. The summed E-state index contributed by atoms with van der Waals surface area (Å²) in [6, 6.07) is 10.1. The van der Waals surface area contributed by atoms with Crippen LogP contribution in [0.5, 0.6) is 0 Å². The van der Waals surface area contributed by atoms with Gasteiger partial charge in [-0.1, -0.05) is 12.1 Å². The zero-order valence-electron chi connectivity index (χ0n) is 17.0. The Hall–Kier alpha value is -2.50. The number of benzene rings is 2. The van der Waals surface area contributed by atoms with E-state index in [-0.39, 0.29) is 5.54 Å². The molecule has 0 saturated heterocycles. The number of nitrogens with one attached hydrogen (secondary N) is 1. The lowest BCUT2D eigenvalue weighted by Crippen LogP contribution is -2.54. The number of aromatic amines is 1. The van der Waals surface area contributed by atoms with Gasteiger partial charge in [0.25, 0.3) is 0 Å². The van der Waals surface area contributed by atoms with Crippen LogP contribution in [0.3, 0.4) is 0 Å². The van der Waals surface area contributed by atoms with Gasteiger partial charge in [-0.05, 0) is 85.3 Å². The normalized spacial score (nSPS) is 32.5. The van der Waals surface area contributed by atoms with Gasteiger partial charge in [-0.3, -0.25) is 5.10 Å². The lowest BCUT2D eigenvalue weighted by atomic mass is 9.60. The maximum Gasteiger partial charge on any atom is 0.416 e. The van der Waals surface area contributed by atoms with Crippen LogP contribution in [-0.4, -0.2) is 17.2 Å². The Morgan fingerprint density at radius 2 is 1.80 bits per heavy atom. The van der Waals surface area contributed by atoms with Crippen molar-refractivity contribution in [3.8, 4) is 0 Å². The molecule has 1 aliphatic heterocycles. The van der Waals surface area contributed by atoms with Crippen LogP contribution in [-0.2, 0) is 11.7 Å². The van der Waals surface area contributed by atoms with Crippen LogP contribution in [0.15, 0.2) is 42.6 Å². The number of hydrogen-bond acceptors (Lipinski definition) is 2. The highest BCUT2D eigenvalue weighted by molar-refractivity contribution is 5.89. The molecule has 0 radical (unpaired) electrons. The van der Waals surface area contributed by atoms with E-state index < -0.39 is 11.7 Å². The molecule has 30 heavy (non-hydrogen) atoms. The maximum absolute atomic E-state index is 13.2. The average Bonchev–Trinajstić information content (AvgIpc) is 3.46. The number of hydrogen-bond donors (Lipinski definition) is 1. The second-order valence-corrected chi connectivity index (χ2v) is 9.50. The maximum atomic E-state index is 13.2. The molecule has 2 saturated carbocycles. The van der Waals surface area contributed by atoms with Gasteiger partial charge in [0.05, 0.1) is 22.8 Å². The molecule has 1 aromatic heterocycles. The quantitative estimate of drug-likeness (QED) is 0.527. The van der Waals surface area contributed by atoms with Crippen molar-refractivity contribution < 1.29 is 13.2 Å². The summed E-state index contributed by atoms with van der Waals surface area (Å²) >= 11 is 0. The van der Waals surface area contributed by atoms with Crippen LogP contribution in [0.1, 0.15) is 48.8 Å². The number of nitrogens with zero attached hydrogens (tertiary/aromatic N) is 2. The molecule has 3 nitrogen and oxygen atoms in total. The molecule has 0 spiro atoms. The van der Waals surface area contributed by atoms with E-state index in [9.17, 15) is 13.2 Å². The van der Waals surface area contributed by atoms with Gasteiger partial charge < -0.3 is 4.90 Å². The molecule has 6 rings (SSSR count). The smallest absolute Gasteiger partial charge is 0.365 e. The molecule has 2 aromatic carbocycles. The summed E-state index contributed by atoms with van der Waals surface area (Å²) in [5, 5.41) is 8.59. The number of fused-ring (bicyclic) bond motifs is 9. The molecule has 3 aromatic rings. The highest BCUT2D eigenvalue weighted by Crippen LogP contribution is 2.67. The fraction of sp³-hybridized carbons (Fsp3) is 0.458. The second kappa shape index (κ2) is 5.80. The Labute approximate surface area is 173 Å². The van der Waals surface area contributed by atoms with Crippen molar-refractivity contribution in [2.45, 2.75) is 43.8 Å². The van der Waals surface area contributed by atoms with Gasteiger partial charge in [0.2, 0.25) is 0 Å². The van der Waals surface area contributed by atoms with Crippen molar-refractivity contribution in [3.05, 3.63) is 59.3 Å². The molecule has 2 unspecified atom stereocenters. The zero-order chi connectivity index (χ0) is 20.8. The van der Waals surface area contributed by atoms with Crippen molar-refractivity contribution >= 4 is 16.6 Å². The van der Waals surface area contributed by atoms with Gasteiger partial charge in [0.15, 0.2) is 0 Å². The van der Waals surface area contributed by atoms with Gasteiger partial charge in [-0.2, -0.15) is 18.3 Å². The van der Waals surface area contributed by atoms with E-state index >= 15 is 0 Å². The minimum absolute atomic E-state index is 0.348. The molecule has 156 valence electrons. The average molecular weight is 411 g/mol. The summed E-state index contributed by atoms with van der Waals surface area (Å²) < 4.78 is 39.5. The molecule has 2 heterocycles. The molecule has 6 heteroatoms. The minimum atomic E-state index is -4.31. The Kier molecular flexibility index (Phi) is 3.54. The van der Waals surface area contributed by atoms with Crippen LogP contribution in [0.25, 0.3) is 10.9 Å². The molecular weight excluding hydrogens is 387 g/mol. The zero-order valence-corrected chi connectivity index (χ0v) is 17.0. The first-order chi connectivity index (χ1) is 14.3. The van der Waals surface area contributed by atoms with Crippen molar-refractivity contribution in [1.82, 2.24) is 10.2 Å². The van der Waals surface area contributed by atoms with Gasteiger partial charge >= 0.3 is 6.18 Å². The molecule has 2 bridgehead atoms. The summed E-state index contributed by atoms with van der Waals surface area (Å²) in [5.74, 6) is 2.04. The first-order valence-corrected chi connectivity index (χ1v) is 10.7. The van der Waals surface area contributed by atoms with E-state index in [0.29, 0.717) is 23.7 Å². The first kappa shape index (κ1) is 18.3. The topological polar surface area (TPSA) is 31.9 Å². The third-order valence-electron chi connectivity index (χ3n) is 8.40. The number of rotatable bonds is 1. The summed E-state index contributed by atoms with van der Waals surface area (Å²) in [7, 11) is 2.10. The number of anilines is 1. The molecular formula is C24H24F3N3. The molecule has 5 atom stereocenters. The van der Waals surface area contributed by atoms with Gasteiger partial charge in [0.1, 0.15) is 0 Å². The van der Waals surface area contributed by atoms with Crippen LogP contribution in [0.2, 0.25) is 0 Å². The number of alkyl halides is 3. The number of halogens is 3. The highest BCUT2D eigenvalue weighted by Gasteiger charge is 2.60. The van der Waals surface area contributed by atoms with Gasteiger partial charge in [0, 0.05) is 18.1 Å². The Balaban J connectivity index is 1.56. The van der Waals surface area contributed by atoms with Crippen LogP contribution in [0.4, 0.5) is 18.9 Å². The summed E-state index contributed by atoms with van der Waals surface area (Å²) in [6.45, 7) is 2.23. The van der Waals surface area contributed by atoms with E-state index in [1.807, 2.05) is 6.20 Å². The molecule has 3 aliphatic rings. The standard InChI is InChI=1S/C24H24F3N3/c1-23(15-5-7-16(8-6-15)24(25,26)27)22-14-4-3-13(11-14)20(22)21-17-12-28-29-18(17)9-10-19(21)30(23)2/h5-10,12-14,20,22H,3-4,11H2,1-2H3,(H,28,29)/t13?,14?,20-,22-,23+/m1/s1. The molecule has 2 fully saturated rings. The number of H-pyrrole nitrogens is 1. The van der Waals surface area contributed by atoms with E-state index in [1.54, 1.807) is 12.1 Å². The Morgan fingerprint density at radius 3 is 2.53 bits per heavy atom. The molecule has 1 N–H and O–H groups in total. The second-order valence-electron chi connectivity index (χ2n) is 9.50.